The number of para-hydroxylation sites is 1. The van der Waals surface area contributed by atoms with Gasteiger partial charge in [0.15, 0.2) is 5.82 Å². The van der Waals surface area contributed by atoms with Crippen LogP contribution in [0.25, 0.3) is 0 Å². The van der Waals surface area contributed by atoms with Crippen molar-refractivity contribution in [3.8, 4) is 5.75 Å². The fourth-order valence-corrected chi connectivity index (χ4v) is 2.99. The Bertz CT molecular complexity index is 763. The van der Waals surface area contributed by atoms with Gasteiger partial charge in [0.05, 0.1) is 12.7 Å². The van der Waals surface area contributed by atoms with Gasteiger partial charge in [-0.2, -0.15) is 0 Å². The van der Waals surface area contributed by atoms with Crippen molar-refractivity contribution in [1.29, 1.82) is 0 Å². The zero-order valence-electron chi connectivity index (χ0n) is 14.3. The number of likely N-dealkylation sites (tertiary alicyclic amines) is 1. The molecule has 0 aliphatic carbocycles. The van der Waals surface area contributed by atoms with E-state index in [1.807, 2.05) is 12.1 Å². The van der Waals surface area contributed by atoms with E-state index in [9.17, 15) is 9.59 Å². The largest absolute Gasteiger partial charge is 0.496 e. The molecule has 3 rings (SSSR count). The normalized spacial score (nSPS) is 15.0. The van der Waals surface area contributed by atoms with Crippen LogP contribution in [0.4, 0.5) is 5.82 Å². The second kappa shape index (κ2) is 7.38. The molecule has 1 aromatic heterocycles. The number of aryl methyl sites for hydroxylation is 1. The summed E-state index contributed by atoms with van der Waals surface area (Å²) in [5, 5.41) is 6.53. The van der Waals surface area contributed by atoms with Gasteiger partial charge in [-0.1, -0.05) is 17.3 Å². The molecule has 132 valence electrons. The van der Waals surface area contributed by atoms with Crippen LogP contribution in [-0.4, -0.2) is 42.1 Å². The molecule has 1 saturated heterocycles. The average Bonchev–Trinajstić information content (AvgIpc) is 3.06. The van der Waals surface area contributed by atoms with E-state index in [0.29, 0.717) is 48.8 Å². The highest BCUT2D eigenvalue weighted by Gasteiger charge is 2.29. The Morgan fingerprint density at radius 2 is 2.00 bits per heavy atom. The minimum atomic E-state index is -0.140. The molecular formula is C18H21N3O4. The maximum atomic E-state index is 12.7. The number of amides is 2. The number of rotatable bonds is 4. The number of aromatic nitrogens is 1. The lowest BCUT2D eigenvalue weighted by molar-refractivity contribution is -0.121. The number of ether oxygens (including phenoxy) is 1. The third-order valence-electron chi connectivity index (χ3n) is 4.37. The van der Waals surface area contributed by atoms with Crippen LogP contribution >= 0.6 is 0 Å². The molecule has 1 fully saturated rings. The first-order valence-electron chi connectivity index (χ1n) is 8.25. The van der Waals surface area contributed by atoms with Gasteiger partial charge in [0.2, 0.25) is 5.91 Å². The molecule has 0 bridgehead atoms. The van der Waals surface area contributed by atoms with Crippen LogP contribution in [0.1, 0.15) is 29.0 Å². The molecule has 0 radical (unpaired) electrons. The number of nitrogens with one attached hydrogen (secondary N) is 1. The second-order valence-electron chi connectivity index (χ2n) is 6.08. The summed E-state index contributed by atoms with van der Waals surface area (Å²) in [6.45, 7) is 2.84. The third-order valence-corrected chi connectivity index (χ3v) is 4.37. The molecule has 7 heteroatoms. The van der Waals surface area contributed by atoms with Gasteiger partial charge in [-0.25, -0.2) is 0 Å². The predicted octanol–water partition coefficient (Wildman–Crippen LogP) is 2.48. The van der Waals surface area contributed by atoms with E-state index in [0.717, 1.165) is 0 Å². The van der Waals surface area contributed by atoms with Crippen LogP contribution in [0.3, 0.4) is 0 Å². The molecule has 0 atom stereocenters. The summed E-state index contributed by atoms with van der Waals surface area (Å²) in [7, 11) is 1.55. The molecule has 2 amide bonds. The van der Waals surface area contributed by atoms with E-state index in [4.69, 9.17) is 9.26 Å². The monoisotopic (exact) mass is 343 g/mol. The molecule has 1 aromatic carbocycles. The first-order valence-corrected chi connectivity index (χ1v) is 8.25. The number of hydrogen-bond acceptors (Lipinski definition) is 5. The molecule has 0 unspecified atom stereocenters. The molecule has 2 aromatic rings. The summed E-state index contributed by atoms with van der Waals surface area (Å²) in [6, 6.07) is 8.85. The van der Waals surface area contributed by atoms with Gasteiger partial charge >= 0.3 is 0 Å². The maximum absolute atomic E-state index is 12.7. The zero-order chi connectivity index (χ0) is 17.8. The van der Waals surface area contributed by atoms with Crippen LogP contribution < -0.4 is 10.1 Å². The summed E-state index contributed by atoms with van der Waals surface area (Å²) in [5.41, 5.74) is 0.547. The van der Waals surface area contributed by atoms with Gasteiger partial charge in [0, 0.05) is 25.1 Å². The van der Waals surface area contributed by atoms with E-state index in [-0.39, 0.29) is 17.7 Å². The average molecular weight is 343 g/mol. The number of hydrogen-bond donors (Lipinski definition) is 1. The van der Waals surface area contributed by atoms with E-state index in [1.54, 1.807) is 37.1 Å². The zero-order valence-corrected chi connectivity index (χ0v) is 14.3. The van der Waals surface area contributed by atoms with E-state index >= 15 is 0 Å². The minimum absolute atomic E-state index is 0.0663. The molecule has 1 aliphatic rings. The van der Waals surface area contributed by atoms with Crippen molar-refractivity contribution in [3.05, 3.63) is 41.7 Å². The van der Waals surface area contributed by atoms with Crippen LogP contribution in [0.5, 0.6) is 5.75 Å². The van der Waals surface area contributed by atoms with Gasteiger partial charge in [-0.3, -0.25) is 9.59 Å². The lowest BCUT2D eigenvalue weighted by Gasteiger charge is -2.31. The highest BCUT2D eigenvalue weighted by molar-refractivity contribution is 5.97. The Hall–Kier alpha value is -2.83. The molecule has 0 spiro atoms. The number of carbonyl (C=O) groups is 2. The van der Waals surface area contributed by atoms with Gasteiger partial charge in [-0.05, 0) is 31.9 Å². The number of carbonyl (C=O) groups excluding carboxylic acids is 2. The van der Waals surface area contributed by atoms with Crippen molar-refractivity contribution >= 4 is 17.6 Å². The lowest BCUT2D eigenvalue weighted by Crippen LogP contribution is -2.41. The van der Waals surface area contributed by atoms with Crippen molar-refractivity contribution in [2.45, 2.75) is 19.8 Å². The third kappa shape index (κ3) is 3.81. The molecule has 0 saturated carbocycles. The summed E-state index contributed by atoms with van der Waals surface area (Å²) in [5.74, 6) is 1.34. The SMILES string of the molecule is COc1ccccc1C(=O)N1CCC(C(=O)Nc2cc(C)on2)CC1. The molecule has 1 N–H and O–H groups in total. The van der Waals surface area contributed by atoms with Gasteiger partial charge < -0.3 is 19.5 Å². The Labute approximate surface area is 145 Å². The van der Waals surface area contributed by atoms with Crippen molar-refractivity contribution in [3.63, 3.8) is 0 Å². The second-order valence-corrected chi connectivity index (χ2v) is 6.08. The first kappa shape index (κ1) is 17.0. The molecule has 2 heterocycles. The maximum Gasteiger partial charge on any atom is 0.257 e. The smallest absolute Gasteiger partial charge is 0.257 e. The quantitative estimate of drug-likeness (QED) is 0.922. The van der Waals surface area contributed by atoms with Crippen molar-refractivity contribution in [2.24, 2.45) is 5.92 Å². The summed E-state index contributed by atoms with van der Waals surface area (Å²) >= 11 is 0. The van der Waals surface area contributed by atoms with E-state index in [1.165, 1.54) is 0 Å². The van der Waals surface area contributed by atoms with E-state index < -0.39 is 0 Å². The number of anilines is 1. The molecule has 25 heavy (non-hydrogen) atoms. The predicted molar refractivity (Wildman–Crippen MR) is 91.5 cm³/mol. The Balaban J connectivity index is 1.58. The summed E-state index contributed by atoms with van der Waals surface area (Å²) in [4.78, 5) is 26.7. The highest BCUT2D eigenvalue weighted by atomic mass is 16.5. The first-order chi connectivity index (χ1) is 12.1. The van der Waals surface area contributed by atoms with Crippen molar-refractivity contribution < 1.29 is 18.8 Å². The molecular weight excluding hydrogens is 322 g/mol. The van der Waals surface area contributed by atoms with Crippen LogP contribution in [0, 0.1) is 12.8 Å². The molecule has 7 nitrogen and oxygen atoms in total. The van der Waals surface area contributed by atoms with Gasteiger partial charge in [-0.15, -0.1) is 0 Å². The van der Waals surface area contributed by atoms with Crippen LogP contribution in [0.15, 0.2) is 34.9 Å². The Morgan fingerprint density at radius 3 is 2.64 bits per heavy atom. The lowest BCUT2D eigenvalue weighted by atomic mass is 9.95. The van der Waals surface area contributed by atoms with Crippen LogP contribution in [0.2, 0.25) is 0 Å². The Kier molecular flexibility index (Phi) is 5.02. The topological polar surface area (TPSA) is 84.7 Å². The van der Waals surface area contributed by atoms with Crippen molar-refractivity contribution in [2.75, 3.05) is 25.5 Å². The van der Waals surface area contributed by atoms with Gasteiger partial charge in [0.25, 0.3) is 5.91 Å². The Morgan fingerprint density at radius 1 is 1.28 bits per heavy atom. The van der Waals surface area contributed by atoms with Gasteiger partial charge in [0.1, 0.15) is 11.5 Å². The number of methoxy groups -OCH3 is 1. The summed E-state index contributed by atoms with van der Waals surface area (Å²) in [6.07, 6.45) is 1.23. The molecule has 1 aliphatic heterocycles. The number of piperidine rings is 1. The van der Waals surface area contributed by atoms with E-state index in [2.05, 4.69) is 10.5 Å². The standard InChI is InChI=1S/C18H21N3O4/c1-12-11-16(20-25-12)19-17(22)13-7-9-21(10-8-13)18(23)14-5-3-4-6-15(14)24-2/h3-6,11,13H,7-10H2,1-2H3,(H,19,20,22). The number of nitrogens with zero attached hydrogens (tertiary/aromatic N) is 2. The van der Waals surface area contributed by atoms with Crippen molar-refractivity contribution in [1.82, 2.24) is 10.1 Å². The fraction of sp³-hybridized carbons (Fsp3) is 0.389. The highest BCUT2D eigenvalue weighted by Crippen LogP contribution is 2.24. The summed E-state index contributed by atoms with van der Waals surface area (Å²) < 4.78 is 10.2. The minimum Gasteiger partial charge on any atom is -0.496 e. The fourth-order valence-electron chi connectivity index (χ4n) is 2.99. The van der Waals surface area contributed by atoms with Crippen LogP contribution in [-0.2, 0) is 4.79 Å². The number of benzene rings is 1.